The minimum atomic E-state index is 0.133. The summed E-state index contributed by atoms with van der Waals surface area (Å²) in [6, 6.07) is 0.283. The number of piperidine rings is 1. The molecule has 1 amide bonds. The van der Waals surface area contributed by atoms with Crippen LogP contribution in [-0.2, 0) is 11.3 Å². The SMILES string of the molecule is CCCNC(=O)CN1CCCCC1c1nccn1CC. The number of carbonyl (C=O) groups is 1. The molecular formula is C15H26N4O. The zero-order valence-electron chi connectivity index (χ0n) is 12.6. The summed E-state index contributed by atoms with van der Waals surface area (Å²) in [4.78, 5) is 18.8. The van der Waals surface area contributed by atoms with Crippen LogP contribution < -0.4 is 5.32 Å². The number of hydrogen-bond donors (Lipinski definition) is 1. The van der Waals surface area contributed by atoms with Crippen molar-refractivity contribution in [2.24, 2.45) is 0 Å². The van der Waals surface area contributed by atoms with E-state index in [0.29, 0.717) is 6.54 Å². The lowest BCUT2D eigenvalue weighted by Gasteiger charge is -2.34. The number of amides is 1. The number of carbonyl (C=O) groups excluding carboxylic acids is 1. The van der Waals surface area contributed by atoms with Crippen molar-refractivity contribution < 1.29 is 4.79 Å². The van der Waals surface area contributed by atoms with Gasteiger partial charge in [0.2, 0.25) is 5.91 Å². The summed E-state index contributed by atoms with van der Waals surface area (Å²) in [6.45, 7) is 7.37. The Hall–Kier alpha value is -1.36. The first kappa shape index (κ1) is 15.0. The molecule has 1 atom stereocenters. The number of aromatic nitrogens is 2. The number of rotatable bonds is 6. The van der Waals surface area contributed by atoms with Gasteiger partial charge in [0.05, 0.1) is 12.6 Å². The van der Waals surface area contributed by atoms with E-state index in [9.17, 15) is 4.79 Å². The second-order valence-electron chi connectivity index (χ2n) is 5.40. The Morgan fingerprint density at radius 1 is 1.45 bits per heavy atom. The third kappa shape index (κ3) is 3.60. The van der Waals surface area contributed by atoms with Gasteiger partial charge in [-0.15, -0.1) is 0 Å². The Morgan fingerprint density at radius 3 is 3.05 bits per heavy atom. The molecule has 2 rings (SSSR count). The Morgan fingerprint density at radius 2 is 2.30 bits per heavy atom. The highest BCUT2D eigenvalue weighted by Gasteiger charge is 2.28. The van der Waals surface area contributed by atoms with Crippen molar-refractivity contribution in [1.82, 2.24) is 19.8 Å². The molecular weight excluding hydrogens is 252 g/mol. The van der Waals surface area contributed by atoms with E-state index in [2.05, 4.69) is 33.6 Å². The zero-order chi connectivity index (χ0) is 14.4. The standard InChI is InChI=1S/C15H26N4O/c1-3-8-16-14(20)12-19-10-6-5-7-13(19)15-17-9-11-18(15)4-2/h9,11,13H,3-8,10,12H2,1-2H3,(H,16,20). The molecule has 1 aliphatic heterocycles. The fraction of sp³-hybridized carbons (Fsp3) is 0.733. The largest absolute Gasteiger partial charge is 0.355 e. The maximum atomic E-state index is 12.0. The topological polar surface area (TPSA) is 50.2 Å². The van der Waals surface area contributed by atoms with Crippen LogP contribution >= 0.6 is 0 Å². The maximum Gasteiger partial charge on any atom is 0.234 e. The second-order valence-corrected chi connectivity index (χ2v) is 5.40. The molecule has 112 valence electrons. The van der Waals surface area contributed by atoms with Crippen LogP contribution in [0.2, 0.25) is 0 Å². The van der Waals surface area contributed by atoms with Crippen molar-refractivity contribution in [2.75, 3.05) is 19.6 Å². The Bertz CT molecular complexity index is 429. The summed E-state index contributed by atoms with van der Waals surface area (Å²) < 4.78 is 2.19. The number of nitrogens with one attached hydrogen (secondary N) is 1. The van der Waals surface area contributed by atoms with Gasteiger partial charge in [-0.2, -0.15) is 0 Å². The summed E-state index contributed by atoms with van der Waals surface area (Å²) in [5.74, 6) is 1.24. The van der Waals surface area contributed by atoms with E-state index in [0.717, 1.165) is 38.3 Å². The molecule has 2 heterocycles. The van der Waals surface area contributed by atoms with Gasteiger partial charge >= 0.3 is 0 Å². The van der Waals surface area contributed by atoms with Gasteiger partial charge in [0.1, 0.15) is 5.82 Å². The highest BCUT2D eigenvalue weighted by atomic mass is 16.2. The number of aryl methyl sites for hydroxylation is 1. The van der Waals surface area contributed by atoms with Crippen molar-refractivity contribution in [2.45, 2.75) is 52.1 Å². The van der Waals surface area contributed by atoms with Crippen LogP contribution in [0.25, 0.3) is 0 Å². The predicted octanol–water partition coefficient (Wildman–Crippen LogP) is 1.96. The first-order chi connectivity index (χ1) is 9.76. The Kier molecular flexibility index (Phi) is 5.59. The van der Waals surface area contributed by atoms with Gasteiger partial charge in [-0.3, -0.25) is 9.69 Å². The van der Waals surface area contributed by atoms with Crippen LogP contribution in [-0.4, -0.2) is 40.0 Å². The van der Waals surface area contributed by atoms with Crippen LogP contribution in [0.3, 0.4) is 0 Å². The second kappa shape index (κ2) is 7.43. The summed E-state index contributed by atoms with van der Waals surface area (Å²) in [6.07, 6.45) is 8.36. The molecule has 1 aliphatic rings. The smallest absolute Gasteiger partial charge is 0.234 e. The van der Waals surface area contributed by atoms with Crippen molar-refractivity contribution in [3.8, 4) is 0 Å². The third-order valence-electron chi connectivity index (χ3n) is 3.92. The minimum Gasteiger partial charge on any atom is -0.355 e. The van der Waals surface area contributed by atoms with E-state index >= 15 is 0 Å². The van der Waals surface area contributed by atoms with Crippen LogP contribution in [0.1, 0.15) is 51.4 Å². The van der Waals surface area contributed by atoms with Gasteiger partial charge in [0.15, 0.2) is 0 Å². The molecule has 1 aromatic rings. The summed E-state index contributed by atoms with van der Waals surface area (Å²) in [5.41, 5.74) is 0. The molecule has 0 radical (unpaired) electrons. The Balaban J connectivity index is 2.03. The average Bonchev–Trinajstić information content (AvgIpc) is 2.94. The predicted molar refractivity (Wildman–Crippen MR) is 79.4 cm³/mol. The lowest BCUT2D eigenvalue weighted by molar-refractivity contribution is -0.123. The molecule has 1 unspecified atom stereocenters. The molecule has 0 bridgehead atoms. The minimum absolute atomic E-state index is 0.133. The van der Waals surface area contributed by atoms with Gasteiger partial charge in [-0.25, -0.2) is 4.98 Å². The van der Waals surface area contributed by atoms with Crippen molar-refractivity contribution >= 4 is 5.91 Å². The number of likely N-dealkylation sites (tertiary alicyclic amines) is 1. The zero-order valence-corrected chi connectivity index (χ0v) is 12.6. The monoisotopic (exact) mass is 278 g/mol. The molecule has 1 aromatic heterocycles. The van der Waals surface area contributed by atoms with E-state index in [1.807, 2.05) is 12.4 Å². The fourth-order valence-electron chi connectivity index (χ4n) is 2.86. The van der Waals surface area contributed by atoms with Gasteiger partial charge in [-0.05, 0) is 32.7 Å². The number of hydrogen-bond acceptors (Lipinski definition) is 3. The van der Waals surface area contributed by atoms with Crippen LogP contribution in [0, 0.1) is 0 Å². The first-order valence-electron chi connectivity index (χ1n) is 7.78. The number of nitrogens with zero attached hydrogens (tertiary/aromatic N) is 3. The maximum absolute atomic E-state index is 12.0. The summed E-state index contributed by atoms with van der Waals surface area (Å²) in [7, 11) is 0. The first-order valence-corrected chi connectivity index (χ1v) is 7.78. The molecule has 0 aliphatic carbocycles. The molecule has 1 fully saturated rings. The Labute approximate surface area is 121 Å². The van der Waals surface area contributed by atoms with Gasteiger partial charge in [0, 0.05) is 25.5 Å². The molecule has 20 heavy (non-hydrogen) atoms. The van der Waals surface area contributed by atoms with Crippen LogP contribution in [0.15, 0.2) is 12.4 Å². The molecule has 0 aromatic carbocycles. The van der Waals surface area contributed by atoms with E-state index < -0.39 is 0 Å². The highest BCUT2D eigenvalue weighted by Crippen LogP contribution is 2.29. The molecule has 0 spiro atoms. The molecule has 5 nitrogen and oxygen atoms in total. The molecule has 1 saturated heterocycles. The van der Waals surface area contributed by atoms with Crippen molar-refractivity contribution in [3.05, 3.63) is 18.2 Å². The van der Waals surface area contributed by atoms with Crippen LogP contribution in [0.5, 0.6) is 0 Å². The third-order valence-corrected chi connectivity index (χ3v) is 3.92. The fourth-order valence-corrected chi connectivity index (χ4v) is 2.86. The normalized spacial score (nSPS) is 20.0. The average molecular weight is 278 g/mol. The van der Waals surface area contributed by atoms with Crippen molar-refractivity contribution in [3.63, 3.8) is 0 Å². The van der Waals surface area contributed by atoms with Gasteiger partial charge < -0.3 is 9.88 Å². The molecule has 1 N–H and O–H groups in total. The van der Waals surface area contributed by atoms with E-state index in [1.54, 1.807) is 0 Å². The van der Waals surface area contributed by atoms with E-state index in [4.69, 9.17) is 0 Å². The molecule has 0 saturated carbocycles. The quantitative estimate of drug-likeness (QED) is 0.865. The van der Waals surface area contributed by atoms with E-state index in [1.165, 1.54) is 12.8 Å². The number of imidazole rings is 1. The molecule has 5 heteroatoms. The lowest BCUT2D eigenvalue weighted by Crippen LogP contribution is -2.42. The van der Waals surface area contributed by atoms with Crippen LogP contribution in [0.4, 0.5) is 0 Å². The van der Waals surface area contributed by atoms with Gasteiger partial charge in [-0.1, -0.05) is 13.3 Å². The van der Waals surface area contributed by atoms with E-state index in [-0.39, 0.29) is 11.9 Å². The lowest BCUT2D eigenvalue weighted by atomic mass is 10.0. The van der Waals surface area contributed by atoms with Gasteiger partial charge in [0.25, 0.3) is 0 Å². The summed E-state index contributed by atoms with van der Waals surface area (Å²) >= 11 is 0. The van der Waals surface area contributed by atoms with Crippen molar-refractivity contribution in [1.29, 1.82) is 0 Å². The highest BCUT2D eigenvalue weighted by molar-refractivity contribution is 5.78. The summed E-state index contributed by atoms with van der Waals surface area (Å²) in [5, 5.41) is 2.97.